The molecule has 0 bridgehead atoms. The molecule has 0 heteroatoms. The lowest BCUT2D eigenvalue weighted by Crippen LogP contribution is -1.90. The molecule has 0 heterocycles. The van der Waals surface area contributed by atoms with Gasteiger partial charge in [0.25, 0.3) is 0 Å². The van der Waals surface area contributed by atoms with Crippen molar-refractivity contribution in [3.05, 3.63) is 145 Å². The van der Waals surface area contributed by atoms with Gasteiger partial charge in [-0.15, -0.1) is 0 Å². The molecule has 0 amide bonds. The monoisotopic (exact) mass is 462 g/mol. The molecule has 0 unspecified atom stereocenters. The Labute approximate surface area is 214 Å². The summed E-state index contributed by atoms with van der Waals surface area (Å²) in [6.07, 6.45) is 4.34. The summed E-state index contributed by atoms with van der Waals surface area (Å²) in [4.78, 5) is 0. The van der Waals surface area contributed by atoms with E-state index in [0.717, 1.165) is 0 Å². The minimum absolute atomic E-state index is 1.20. The molecule has 0 spiro atoms. The van der Waals surface area contributed by atoms with Gasteiger partial charge in [-0.3, -0.25) is 0 Å². The Morgan fingerprint density at radius 2 is 0.667 bits per heavy atom. The SMILES string of the molecule is C(=C\c1ccc(-c2c3ccccc3c(-c3ccccc3)c3ccccc23)cc1)/c1ccccc1.CC. The first kappa shape index (κ1) is 23.3. The molecule has 6 aromatic rings. The second kappa shape index (κ2) is 10.9. The van der Waals surface area contributed by atoms with Gasteiger partial charge in [0, 0.05) is 0 Å². The maximum atomic E-state index is 2.26. The Balaban J connectivity index is 0.00000130. The van der Waals surface area contributed by atoms with E-state index in [4.69, 9.17) is 0 Å². The molecule has 6 aromatic carbocycles. The van der Waals surface area contributed by atoms with Gasteiger partial charge < -0.3 is 0 Å². The average Bonchev–Trinajstić information content (AvgIpc) is 2.97. The summed E-state index contributed by atoms with van der Waals surface area (Å²) in [5, 5.41) is 5.14. The van der Waals surface area contributed by atoms with Crippen molar-refractivity contribution in [2.75, 3.05) is 0 Å². The topological polar surface area (TPSA) is 0 Å². The van der Waals surface area contributed by atoms with Crippen molar-refractivity contribution in [2.45, 2.75) is 13.8 Å². The first-order valence-corrected chi connectivity index (χ1v) is 12.7. The van der Waals surface area contributed by atoms with Crippen LogP contribution in [0, 0.1) is 0 Å². The molecule has 0 aliphatic rings. The van der Waals surface area contributed by atoms with Gasteiger partial charge in [0.1, 0.15) is 0 Å². The summed E-state index contributed by atoms with van der Waals surface area (Å²) in [5.41, 5.74) is 7.50. The zero-order chi connectivity index (χ0) is 24.7. The zero-order valence-electron chi connectivity index (χ0n) is 20.9. The van der Waals surface area contributed by atoms with Crippen molar-refractivity contribution in [2.24, 2.45) is 0 Å². The molecule has 6 rings (SSSR count). The highest BCUT2D eigenvalue weighted by atomic mass is 14.2. The van der Waals surface area contributed by atoms with Crippen LogP contribution in [0.25, 0.3) is 56.0 Å². The van der Waals surface area contributed by atoms with Crippen LogP contribution in [0.5, 0.6) is 0 Å². The fourth-order valence-corrected chi connectivity index (χ4v) is 4.87. The molecule has 0 aliphatic heterocycles. The van der Waals surface area contributed by atoms with Crippen molar-refractivity contribution >= 4 is 33.7 Å². The summed E-state index contributed by atoms with van der Waals surface area (Å²) in [6.45, 7) is 4.00. The molecule has 0 saturated carbocycles. The molecular weight excluding hydrogens is 432 g/mol. The number of rotatable bonds is 4. The van der Waals surface area contributed by atoms with E-state index in [1.165, 1.54) is 54.9 Å². The largest absolute Gasteiger partial charge is 0.0683 e. The molecule has 0 saturated heterocycles. The molecule has 0 aromatic heterocycles. The standard InChI is InChI=1S/C34H24.C2H6/c1-3-11-25(12-4-1)19-20-26-21-23-28(24-22-26)34-31-17-9-7-15-29(31)33(27-13-5-2-6-14-27)30-16-8-10-18-32(30)34;1-2/h1-24H;1-2H3/b20-19+;. The summed E-state index contributed by atoms with van der Waals surface area (Å²) >= 11 is 0. The molecule has 0 fully saturated rings. The van der Waals surface area contributed by atoms with E-state index in [9.17, 15) is 0 Å². The van der Waals surface area contributed by atoms with E-state index in [2.05, 4.69) is 140 Å². The van der Waals surface area contributed by atoms with E-state index in [1.807, 2.05) is 19.9 Å². The van der Waals surface area contributed by atoms with Gasteiger partial charge in [0.15, 0.2) is 0 Å². The fraction of sp³-hybridized carbons (Fsp3) is 0.0556. The van der Waals surface area contributed by atoms with Gasteiger partial charge in [0.05, 0.1) is 0 Å². The second-order valence-corrected chi connectivity index (χ2v) is 8.57. The van der Waals surface area contributed by atoms with E-state index >= 15 is 0 Å². The van der Waals surface area contributed by atoms with Crippen molar-refractivity contribution in [1.29, 1.82) is 0 Å². The lowest BCUT2D eigenvalue weighted by atomic mass is 9.86. The average molecular weight is 463 g/mol. The predicted molar refractivity (Wildman–Crippen MR) is 159 cm³/mol. The van der Waals surface area contributed by atoms with E-state index in [1.54, 1.807) is 0 Å². The van der Waals surface area contributed by atoms with E-state index < -0.39 is 0 Å². The molecule has 0 aliphatic carbocycles. The van der Waals surface area contributed by atoms with E-state index in [0.29, 0.717) is 0 Å². The van der Waals surface area contributed by atoms with Gasteiger partial charge in [-0.25, -0.2) is 0 Å². The predicted octanol–water partition coefficient (Wildman–Crippen LogP) is 10.5. The van der Waals surface area contributed by atoms with Crippen molar-refractivity contribution in [3.63, 3.8) is 0 Å². The molecule has 174 valence electrons. The normalized spacial score (nSPS) is 10.9. The number of hydrogen-bond donors (Lipinski definition) is 0. The molecule has 0 nitrogen and oxygen atoms in total. The van der Waals surface area contributed by atoms with Crippen molar-refractivity contribution in [1.82, 2.24) is 0 Å². The lowest BCUT2D eigenvalue weighted by Gasteiger charge is -2.17. The van der Waals surface area contributed by atoms with Crippen molar-refractivity contribution in [3.8, 4) is 22.3 Å². The Hall–Kier alpha value is -4.42. The minimum atomic E-state index is 1.20. The summed E-state index contributed by atoms with van der Waals surface area (Å²) in [6, 6.07) is 47.7. The Kier molecular flexibility index (Phi) is 7.05. The van der Waals surface area contributed by atoms with Crippen LogP contribution in [0.3, 0.4) is 0 Å². The van der Waals surface area contributed by atoms with Crippen LogP contribution in [-0.2, 0) is 0 Å². The highest BCUT2D eigenvalue weighted by Gasteiger charge is 2.15. The maximum absolute atomic E-state index is 2.26. The van der Waals surface area contributed by atoms with Crippen LogP contribution in [0.15, 0.2) is 133 Å². The van der Waals surface area contributed by atoms with Crippen molar-refractivity contribution < 1.29 is 0 Å². The summed E-state index contributed by atoms with van der Waals surface area (Å²) in [5.74, 6) is 0. The Bertz CT molecular complexity index is 1550. The van der Waals surface area contributed by atoms with Gasteiger partial charge >= 0.3 is 0 Å². The van der Waals surface area contributed by atoms with Crippen LogP contribution in [-0.4, -0.2) is 0 Å². The quantitative estimate of drug-likeness (QED) is 0.180. The molecule has 0 N–H and O–H groups in total. The zero-order valence-corrected chi connectivity index (χ0v) is 20.9. The smallest absolute Gasteiger partial charge is 0.00264 e. The van der Waals surface area contributed by atoms with E-state index in [-0.39, 0.29) is 0 Å². The molecule has 0 radical (unpaired) electrons. The third-order valence-corrected chi connectivity index (χ3v) is 6.46. The highest BCUT2D eigenvalue weighted by molar-refractivity contribution is 6.21. The summed E-state index contributed by atoms with van der Waals surface area (Å²) < 4.78 is 0. The van der Waals surface area contributed by atoms with Crippen LogP contribution in [0.4, 0.5) is 0 Å². The number of hydrogen-bond acceptors (Lipinski definition) is 0. The van der Waals surface area contributed by atoms with Gasteiger partial charge in [0.2, 0.25) is 0 Å². The highest BCUT2D eigenvalue weighted by Crippen LogP contribution is 2.43. The Morgan fingerprint density at radius 3 is 1.11 bits per heavy atom. The van der Waals surface area contributed by atoms with Gasteiger partial charge in [-0.2, -0.15) is 0 Å². The minimum Gasteiger partial charge on any atom is -0.0683 e. The third-order valence-electron chi connectivity index (χ3n) is 6.46. The van der Waals surface area contributed by atoms with Crippen LogP contribution in [0.2, 0.25) is 0 Å². The second-order valence-electron chi connectivity index (χ2n) is 8.57. The van der Waals surface area contributed by atoms with Crippen LogP contribution >= 0.6 is 0 Å². The fourth-order valence-electron chi connectivity index (χ4n) is 4.87. The van der Waals surface area contributed by atoms with Crippen LogP contribution in [0.1, 0.15) is 25.0 Å². The summed E-state index contributed by atoms with van der Waals surface area (Å²) in [7, 11) is 0. The third kappa shape index (κ3) is 4.59. The van der Waals surface area contributed by atoms with Gasteiger partial charge in [-0.1, -0.05) is 159 Å². The maximum Gasteiger partial charge on any atom is -0.00264 e. The molecule has 36 heavy (non-hydrogen) atoms. The first-order chi connectivity index (χ1) is 17.9. The Morgan fingerprint density at radius 1 is 0.333 bits per heavy atom. The number of fused-ring (bicyclic) bond motifs is 2. The molecule has 0 atom stereocenters. The number of benzene rings is 6. The molecular formula is C36H30. The first-order valence-electron chi connectivity index (χ1n) is 12.7. The van der Waals surface area contributed by atoms with Crippen LogP contribution < -0.4 is 0 Å². The lowest BCUT2D eigenvalue weighted by molar-refractivity contribution is 1.50. The van der Waals surface area contributed by atoms with Gasteiger partial charge in [-0.05, 0) is 54.9 Å².